The number of likely N-dealkylation sites (tertiary alicyclic amines) is 1. The fraction of sp³-hybridized carbons (Fsp3) is 0.423. The van der Waals surface area contributed by atoms with E-state index in [0.29, 0.717) is 24.6 Å². The van der Waals surface area contributed by atoms with Crippen LogP contribution in [0.2, 0.25) is 5.02 Å². The molecule has 0 N–H and O–H groups in total. The molecule has 34 heavy (non-hydrogen) atoms. The number of carbonyl (C=O) groups is 2. The summed E-state index contributed by atoms with van der Waals surface area (Å²) >= 11 is 6.52. The molecule has 2 atom stereocenters. The van der Waals surface area contributed by atoms with Gasteiger partial charge in [0.25, 0.3) is 5.91 Å². The number of hydrogen-bond donors (Lipinski definition) is 0. The second-order valence-corrected chi connectivity index (χ2v) is 8.99. The molecule has 2 heterocycles. The standard InChI is InChI=1S/C26H30ClN3O4/c1-3-34-26(32)19-9-7-13-29(16-19)17-25(31)30-24(21-11-4-5-12-22(21)27)15-23(28-30)18-8-6-10-20(14-18)33-2/h4-6,8,10-12,14,19,24H,3,7,9,13,15-17H2,1-2H3/t19-,24-/m1/s1. The van der Waals surface area contributed by atoms with Crippen LogP contribution >= 0.6 is 11.6 Å². The molecule has 0 aliphatic carbocycles. The third kappa shape index (κ3) is 5.42. The molecule has 0 bridgehead atoms. The van der Waals surface area contributed by atoms with Crippen LogP contribution in [0.5, 0.6) is 5.75 Å². The van der Waals surface area contributed by atoms with Gasteiger partial charge in [-0.2, -0.15) is 5.10 Å². The van der Waals surface area contributed by atoms with Crippen molar-refractivity contribution in [2.24, 2.45) is 11.0 Å². The summed E-state index contributed by atoms with van der Waals surface area (Å²) in [7, 11) is 1.63. The van der Waals surface area contributed by atoms with Crippen LogP contribution in [-0.2, 0) is 14.3 Å². The van der Waals surface area contributed by atoms with Crippen molar-refractivity contribution in [1.82, 2.24) is 9.91 Å². The Bertz CT molecular complexity index is 1070. The van der Waals surface area contributed by atoms with Gasteiger partial charge in [0.2, 0.25) is 0 Å². The highest BCUT2D eigenvalue weighted by Gasteiger charge is 2.36. The minimum Gasteiger partial charge on any atom is -0.497 e. The summed E-state index contributed by atoms with van der Waals surface area (Å²) in [5, 5.41) is 6.91. The number of hydrazone groups is 1. The first-order valence-corrected chi connectivity index (χ1v) is 12.0. The Hall–Kier alpha value is -2.90. The molecule has 1 saturated heterocycles. The van der Waals surface area contributed by atoms with Crippen LogP contribution in [0.4, 0.5) is 0 Å². The van der Waals surface area contributed by atoms with Crippen molar-refractivity contribution in [3.8, 4) is 5.75 Å². The smallest absolute Gasteiger partial charge is 0.310 e. The maximum Gasteiger partial charge on any atom is 0.310 e. The number of nitrogens with zero attached hydrogens (tertiary/aromatic N) is 3. The molecule has 0 aromatic heterocycles. The van der Waals surface area contributed by atoms with Crippen LogP contribution in [0, 0.1) is 5.92 Å². The highest BCUT2D eigenvalue weighted by Crippen LogP contribution is 2.37. The van der Waals surface area contributed by atoms with Gasteiger partial charge < -0.3 is 9.47 Å². The molecule has 2 aliphatic rings. The van der Waals surface area contributed by atoms with Gasteiger partial charge >= 0.3 is 5.97 Å². The zero-order valence-electron chi connectivity index (χ0n) is 19.6. The average Bonchev–Trinajstić information content (AvgIpc) is 3.30. The van der Waals surface area contributed by atoms with Crippen molar-refractivity contribution in [3.63, 3.8) is 0 Å². The number of ether oxygens (including phenoxy) is 2. The summed E-state index contributed by atoms with van der Waals surface area (Å²) in [6.45, 7) is 3.64. The number of piperidine rings is 1. The van der Waals surface area contributed by atoms with Crippen molar-refractivity contribution >= 4 is 29.2 Å². The molecule has 1 amide bonds. The van der Waals surface area contributed by atoms with E-state index in [1.54, 1.807) is 12.1 Å². The van der Waals surface area contributed by atoms with E-state index in [1.165, 1.54) is 0 Å². The Morgan fingerprint density at radius 3 is 2.76 bits per heavy atom. The number of esters is 1. The maximum atomic E-state index is 13.5. The van der Waals surface area contributed by atoms with Crippen molar-refractivity contribution in [1.29, 1.82) is 0 Å². The van der Waals surface area contributed by atoms with E-state index in [0.717, 1.165) is 42.0 Å². The molecule has 0 unspecified atom stereocenters. The highest BCUT2D eigenvalue weighted by atomic mass is 35.5. The lowest BCUT2D eigenvalue weighted by Crippen LogP contribution is -2.44. The van der Waals surface area contributed by atoms with Gasteiger partial charge in [-0.15, -0.1) is 0 Å². The first-order valence-electron chi connectivity index (χ1n) is 11.7. The Labute approximate surface area is 205 Å². The van der Waals surface area contributed by atoms with E-state index in [4.69, 9.17) is 26.2 Å². The molecule has 2 aromatic rings. The maximum absolute atomic E-state index is 13.5. The molecule has 0 spiro atoms. The number of hydrogen-bond acceptors (Lipinski definition) is 6. The largest absolute Gasteiger partial charge is 0.497 e. The number of benzene rings is 2. The van der Waals surface area contributed by atoms with Gasteiger partial charge in [-0.3, -0.25) is 14.5 Å². The number of carbonyl (C=O) groups excluding carboxylic acids is 2. The third-order valence-corrected chi connectivity index (χ3v) is 6.66. The molecule has 0 radical (unpaired) electrons. The van der Waals surface area contributed by atoms with E-state index in [9.17, 15) is 9.59 Å². The fourth-order valence-corrected chi connectivity index (χ4v) is 4.88. The van der Waals surface area contributed by atoms with E-state index < -0.39 is 0 Å². The molecule has 7 nitrogen and oxygen atoms in total. The topological polar surface area (TPSA) is 71.4 Å². The monoisotopic (exact) mass is 483 g/mol. The van der Waals surface area contributed by atoms with Gasteiger partial charge in [0.15, 0.2) is 0 Å². The predicted octanol–water partition coefficient (Wildman–Crippen LogP) is 4.30. The molecular weight excluding hydrogens is 454 g/mol. The van der Waals surface area contributed by atoms with E-state index in [-0.39, 0.29) is 30.4 Å². The molecule has 8 heteroatoms. The Morgan fingerprint density at radius 1 is 1.18 bits per heavy atom. The van der Waals surface area contributed by atoms with Crippen LogP contribution in [-0.4, -0.2) is 60.8 Å². The third-order valence-electron chi connectivity index (χ3n) is 6.32. The summed E-state index contributed by atoms with van der Waals surface area (Å²) in [5.41, 5.74) is 2.58. The zero-order chi connectivity index (χ0) is 24.1. The minimum atomic E-state index is -0.298. The number of methoxy groups -OCH3 is 1. The molecule has 0 saturated carbocycles. The normalized spacial score (nSPS) is 20.7. The molecule has 4 rings (SSSR count). The SMILES string of the molecule is CCOC(=O)[C@@H]1CCCN(CC(=O)N2N=C(c3cccc(OC)c3)C[C@@H]2c2ccccc2Cl)C1. The van der Waals surface area contributed by atoms with Gasteiger partial charge in [0.1, 0.15) is 5.75 Å². The molecule has 180 valence electrons. The lowest BCUT2D eigenvalue weighted by atomic mass is 9.97. The second-order valence-electron chi connectivity index (χ2n) is 8.58. The average molecular weight is 484 g/mol. The Morgan fingerprint density at radius 2 is 2.00 bits per heavy atom. The van der Waals surface area contributed by atoms with Gasteiger partial charge in [0, 0.05) is 23.6 Å². The molecule has 2 aromatic carbocycles. The van der Waals surface area contributed by atoms with Gasteiger partial charge in [-0.05, 0) is 50.1 Å². The first kappa shape index (κ1) is 24.2. The summed E-state index contributed by atoms with van der Waals surface area (Å²) < 4.78 is 10.6. The summed E-state index contributed by atoms with van der Waals surface area (Å²) in [5.74, 6) is 0.230. The fourth-order valence-electron chi connectivity index (χ4n) is 4.62. The summed E-state index contributed by atoms with van der Waals surface area (Å²) in [4.78, 5) is 27.7. The molecule has 1 fully saturated rings. The van der Waals surface area contributed by atoms with E-state index >= 15 is 0 Å². The van der Waals surface area contributed by atoms with Gasteiger partial charge in [0.05, 0.1) is 37.9 Å². The lowest BCUT2D eigenvalue weighted by molar-refractivity contribution is -0.150. The highest BCUT2D eigenvalue weighted by molar-refractivity contribution is 6.31. The van der Waals surface area contributed by atoms with Crippen LogP contribution in [0.15, 0.2) is 53.6 Å². The first-order chi connectivity index (χ1) is 16.5. The molecular formula is C26H30ClN3O4. The van der Waals surface area contributed by atoms with Crippen LogP contribution in [0.1, 0.15) is 43.4 Å². The number of rotatable bonds is 7. The Kier molecular flexibility index (Phi) is 7.85. The molecule has 2 aliphatic heterocycles. The van der Waals surface area contributed by atoms with E-state index in [1.807, 2.05) is 60.4 Å². The number of halogens is 1. The van der Waals surface area contributed by atoms with Crippen molar-refractivity contribution < 1.29 is 19.1 Å². The van der Waals surface area contributed by atoms with E-state index in [2.05, 4.69) is 0 Å². The summed E-state index contributed by atoms with van der Waals surface area (Å²) in [6, 6.07) is 14.9. The lowest BCUT2D eigenvalue weighted by Gasteiger charge is -2.32. The minimum absolute atomic E-state index is 0.118. The van der Waals surface area contributed by atoms with Crippen LogP contribution < -0.4 is 4.74 Å². The van der Waals surface area contributed by atoms with Gasteiger partial charge in [-0.1, -0.05) is 41.9 Å². The predicted molar refractivity (Wildman–Crippen MR) is 131 cm³/mol. The van der Waals surface area contributed by atoms with Crippen molar-refractivity contribution in [2.75, 3.05) is 33.4 Å². The second kappa shape index (κ2) is 11.0. The number of amides is 1. The zero-order valence-corrected chi connectivity index (χ0v) is 20.3. The Balaban J connectivity index is 1.56. The quantitative estimate of drug-likeness (QED) is 0.549. The van der Waals surface area contributed by atoms with Gasteiger partial charge in [-0.25, -0.2) is 5.01 Å². The van der Waals surface area contributed by atoms with Crippen molar-refractivity contribution in [2.45, 2.75) is 32.2 Å². The van der Waals surface area contributed by atoms with Crippen LogP contribution in [0.25, 0.3) is 0 Å². The summed E-state index contributed by atoms with van der Waals surface area (Å²) in [6.07, 6.45) is 2.19. The van der Waals surface area contributed by atoms with Crippen LogP contribution in [0.3, 0.4) is 0 Å². The van der Waals surface area contributed by atoms with Crippen molar-refractivity contribution in [3.05, 3.63) is 64.7 Å².